The van der Waals surface area contributed by atoms with Gasteiger partial charge >= 0.3 is 0 Å². The third-order valence-corrected chi connectivity index (χ3v) is 4.30. The van der Waals surface area contributed by atoms with Gasteiger partial charge in [-0.25, -0.2) is 13.6 Å². The minimum Gasteiger partial charge on any atom is -0.383 e. The highest BCUT2D eigenvalue weighted by Crippen LogP contribution is 2.18. The number of amides is 1. The molecule has 1 amide bonds. The molecule has 0 aliphatic carbocycles. The van der Waals surface area contributed by atoms with E-state index in [1.807, 2.05) is 0 Å². The summed E-state index contributed by atoms with van der Waals surface area (Å²) in [5.41, 5.74) is 0.280. The molecule has 8 heteroatoms. The third-order valence-electron chi connectivity index (χ3n) is 1.91. The number of nitrogens with one attached hydrogen (secondary N) is 1. The van der Waals surface area contributed by atoms with Crippen molar-refractivity contribution in [2.45, 2.75) is 17.2 Å². The van der Waals surface area contributed by atoms with Gasteiger partial charge in [0.15, 0.2) is 0 Å². The summed E-state index contributed by atoms with van der Waals surface area (Å²) in [6, 6.07) is 1.11. The lowest BCUT2D eigenvalue weighted by Gasteiger charge is -2.11. The van der Waals surface area contributed by atoms with Crippen molar-refractivity contribution in [3.05, 3.63) is 17.0 Å². The van der Waals surface area contributed by atoms with E-state index in [4.69, 9.17) is 9.88 Å². The van der Waals surface area contributed by atoms with E-state index >= 15 is 0 Å². The lowest BCUT2D eigenvalue weighted by molar-refractivity contribution is 0.0906. The lowest BCUT2D eigenvalue weighted by Crippen LogP contribution is -2.35. The minimum absolute atomic E-state index is 0.0259. The second-order valence-corrected chi connectivity index (χ2v) is 6.23. The molecule has 0 aromatic carbocycles. The fraction of sp³-hybridized carbons (Fsp3) is 0.444. The van der Waals surface area contributed by atoms with Crippen LogP contribution >= 0.6 is 11.3 Å². The maximum Gasteiger partial charge on any atom is 0.252 e. The molecule has 1 unspecified atom stereocenters. The van der Waals surface area contributed by atoms with Crippen molar-refractivity contribution in [1.82, 2.24) is 5.32 Å². The van der Waals surface area contributed by atoms with Gasteiger partial charge in [0.2, 0.25) is 10.0 Å². The van der Waals surface area contributed by atoms with Crippen molar-refractivity contribution >= 4 is 27.3 Å². The summed E-state index contributed by atoms with van der Waals surface area (Å²) in [6.45, 7) is 2.17. The predicted molar refractivity (Wildman–Crippen MR) is 64.5 cm³/mol. The molecule has 6 nitrogen and oxygen atoms in total. The van der Waals surface area contributed by atoms with Crippen molar-refractivity contribution in [3.63, 3.8) is 0 Å². The van der Waals surface area contributed by atoms with Crippen LogP contribution in [0.15, 0.2) is 15.7 Å². The van der Waals surface area contributed by atoms with Crippen molar-refractivity contribution in [3.8, 4) is 0 Å². The molecule has 0 bridgehead atoms. The molecule has 0 aliphatic heterocycles. The Morgan fingerprint density at radius 1 is 1.65 bits per heavy atom. The van der Waals surface area contributed by atoms with Gasteiger partial charge < -0.3 is 10.1 Å². The van der Waals surface area contributed by atoms with E-state index in [0.717, 1.165) is 11.3 Å². The number of carbonyl (C=O) groups excluding carboxylic acids is 1. The average Bonchev–Trinajstić information content (AvgIpc) is 2.65. The topological polar surface area (TPSA) is 98.5 Å². The summed E-state index contributed by atoms with van der Waals surface area (Å²) >= 11 is 0.920. The van der Waals surface area contributed by atoms with Crippen LogP contribution in [0.2, 0.25) is 0 Å². The number of rotatable bonds is 5. The molecular formula is C9H14N2O4S2. The number of hydrogen-bond acceptors (Lipinski definition) is 5. The van der Waals surface area contributed by atoms with Crippen LogP contribution in [-0.4, -0.2) is 34.1 Å². The Morgan fingerprint density at radius 2 is 2.29 bits per heavy atom. The number of thiophene rings is 1. The van der Waals surface area contributed by atoms with Gasteiger partial charge in [-0.3, -0.25) is 4.79 Å². The number of hydrogen-bond donors (Lipinski definition) is 2. The van der Waals surface area contributed by atoms with Crippen LogP contribution < -0.4 is 10.5 Å². The number of ether oxygens (including phenoxy) is 1. The average molecular weight is 278 g/mol. The zero-order valence-electron chi connectivity index (χ0n) is 9.47. The summed E-state index contributed by atoms with van der Waals surface area (Å²) < 4.78 is 26.9. The van der Waals surface area contributed by atoms with E-state index in [9.17, 15) is 13.2 Å². The number of methoxy groups -OCH3 is 1. The molecule has 0 radical (unpaired) electrons. The SMILES string of the molecule is COCC(C)NC(=O)c1csc(S(N)(=O)=O)c1. The van der Waals surface area contributed by atoms with Crippen LogP contribution in [0.4, 0.5) is 0 Å². The predicted octanol–water partition coefficient (Wildman–Crippen LogP) is 0.160. The Bertz CT molecular complexity index is 495. The first-order chi connectivity index (χ1) is 7.84. The van der Waals surface area contributed by atoms with Crippen LogP contribution in [0.25, 0.3) is 0 Å². The molecule has 17 heavy (non-hydrogen) atoms. The molecule has 0 spiro atoms. The molecule has 1 atom stereocenters. The normalized spacial score (nSPS) is 13.4. The summed E-state index contributed by atoms with van der Waals surface area (Å²) in [5, 5.41) is 9.07. The van der Waals surface area contributed by atoms with E-state index in [0.29, 0.717) is 6.61 Å². The summed E-state index contributed by atoms with van der Waals surface area (Å²) in [5.74, 6) is -0.347. The molecule has 1 aromatic heterocycles. The molecule has 3 N–H and O–H groups in total. The molecule has 96 valence electrons. The molecule has 1 heterocycles. The second-order valence-electron chi connectivity index (χ2n) is 3.53. The van der Waals surface area contributed by atoms with Gasteiger partial charge in [0.05, 0.1) is 12.2 Å². The van der Waals surface area contributed by atoms with Crippen molar-refractivity contribution in [1.29, 1.82) is 0 Å². The van der Waals surface area contributed by atoms with E-state index in [2.05, 4.69) is 5.32 Å². The Hall–Kier alpha value is -0.960. The van der Waals surface area contributed by atoms with E-state index in [1.54, 1.807) is 6.92 Å². The maximum absolute atomic E-state index is 11.7. The Balaban J connectivity index is 2.74. The molecule has 0 saturated heterocycles. The highest BCUT2D eigenvalue weighted by molar-refractivity contribution is 7.91. The van der Waals surface area contributed by atoms with Crippen molar-refractivity contribution in [2.24, 2.45) is 5.14 Å². The molecule has 1 aromatic rings. The second kappa shape index (κ2) is 5.58. The van der Waals surface area contributed by atoms with Gasteiger partial charge in [-0.05, 0) is 13.0 Å². The first-order valence-electron chi connectivity index (χ1n) is 4.75. The van der Waals surface area contributed by atoms with Gasteiger partial charge in [-0.15, -0.1) is 11.3 Å². The third kappa shape index (κ3) is 4.08. The van der Waals surface area contributed by atoms with Crippen LogP contribution in [0, 0.1) is 0 Å². The molecule has 1 rings (SSSR count). The maximum atomic E-state index is 11.7. The van der Waals surface area contributed by atoms with Gasteiger partial charge in [0, 0.05) is 18.5 Å². The van der Waals surface area contributed by atoms with Crippen LogP contribution in [0.1, 0.15) is 17.3 Å². The number of nitrogens with two attached hydrogens (primary N) is 1. The monoisotopic (exact) mass is 278 g/mol. The van der Waals surface area contributed by atoms with Gasteiger partial charge in [-0.2, -0.15) is 0 Å². The summed E-state index contributed by atoms with van der Waals surface area (Å²) in [7, 11) is -2.21. The number of sulfonamides is 1. The van der Waals surface area contributed by atoms with E-state index in [1.165, 1.54) is 18.6 Å². The number of carbonyl (C=O) groups is 1. The van der Waals surface area contributed by atoms with Gasteiger partial charge in [-0.1, -0.05) is 0 Å². The van der Waals surface area contributed by atoms with E-state index in [-0.39, 0.29) is 21.7 Å². The fourth-order valence-electron chi connectivity index (χ4n) is 1.18. The zero-order valence-corrected chi connectivity index (χ0v) is 11.1. The fourth-order valence-corrected chi connectivity index (χ4v) is 2.77. The molecule has 0 fully saturated rings. The van der Waals surface area contributed by atoms with Gasteiger partial charge in [0.1, 0.15) is 4.21 Å². The van der Waals surface area contributed by atoms with Gasteiger partial charge in [0.25, 0.3) is 5.91 Å². The van der Waals surface area contributed by atoms with Crippen LogP contribution in [0.3, 0.4) is 0 Å². The molecule has 0 saturated carbocycles. The zero-order chi connectivity index (χ0) is 13.1. The summed E-state index contributed by atoms with van der Waals surface area (Å²) in [4.78, 5) is 11.7. The molecular weight excluding hydrogens is 264 g/mol. The Kier molecular flexibility index (Phi) is 4.63. The van der Waals surface area contributed by atoms with Crippen molar-refractivity contribution in [2.75, 3.05) is 13.7 Å². The first kappa shape index (κ1) is 14.1. The smallest absolute Gasteiger partial charge is 0.252 e. The highest BCUT2D eigenvalue weighted by atomic mass is 32.2. The summed E-state index contributed by atoms with van der Waals surface area (Å²) in [6.07, 6.45) is 0. The standard InChI is InChI=1S/C9H14N2O4S2/c1-6(4-15-2)11-9(12)7-3-8(16-5-7)17(10,13)14/h3,5-6H,4H2,1-2H3,(H,11,12)(H2,10,13,14). The lowest BCUT2D eigenvalue weighted by atomic mass is 10.3. The van der Waals surface area contributed by atoms with Crippen LogP contribution in [0.5, 0.6) is 0 Å². The van der Waals surface area contributed by atoms with E-state index < -0.39 is 10.0 Å². The minimum atomic E-state index is -3.74. The first-order valence-corrected chi connectivity index (χ1v) is 7.18. The number of primary sulfonamides is 1. The quantitative estimate of drug-likeness (QED) is 0.801. The highest BCUT2D eigenvalue weighted by Gasteiger charge is 2.16. The molecule has 0 aliphatic rings. The van der Waals surface area contributed by atoms with Crippen LogP contribution in [-0.2, 0) is 14.8 Å². The Morgan fingerprint density at radius 3 is 2.76 bits per heavy atom. The largest absolute Gasteiger partial charge is 0.383 e. The van der Waals surface area contributed by atoms with Crippen molar-refractivity contribution < 1.29 is 17.9 Å². The Labute approximate surface area is 104 Å².